The van der Waals surface area contributed by atoms with Gasteiger partial charge in [0.05, 0.1) is 5.02 Å². The van der Waals surface area contributed by atoms with Crippen LogP contribution in [0.1, 0.15) is 25.0 Å². The first-order valence-electron chi connectivity index (χ1n) is 12.4. The van der Waals surface area contributed by atoms with E-state index in [0.717, 1.165) is 10.9 Å². The third kappa shape index (κ3) is 4.67. The lowest BCUT2D eigenvalue weighted by Gasteiger charge is -2.20. The summed E-state index contributed by atoms with van der Waals surface area (Å²) in [5, 5.41) is 3.33. The molecule has 0 aliphatic carbocycles. The minimum absolute atomic E-state index is 0.0151. The topological polar surface area (TPSA) is 34.5 Å². The van der Waals surface area contributed by atoms with Gasteiger partial charge in [-0.3, -0.25) is 0 Å². The summed E-state index contributed by atoms with van der Waals surface area (Å²) in [6, 6.07) is 23.1. The van der Waals surface area contributed by atoms with Crippen molar-refractivity contribution in [3.05, 3.63) is 101 Å². The van der Waals surface area contributed by atoms with E-state index < -0.39 is 11.9 Å². The van der Waals surface area contributed by atoms with Gasteiger partial charge in [-0.15, -0.1) is 0 Å². The Kier molecular flexibility index (Phi) is 6.90. The third-order valence-electron chi connectivity index (χ3n) is 6.95. The average molecular weight is 515 g/mol. The van der Waals surface area contributed by atoms with Crippen molar-refractivity contribution in [3.8, 4) is 16.9 Å². The second kappa shape index (κ2) is 10.3. The summed E-state index contributed by atoms with van der Waals surface area (Å²) in [7, 11) is 0. The van der Waals surface area contributed by atoms with Crippen molar-refractivity contribution in [1.82, 2.24) is 9.47 Å². The molecule has 1 amide bonds. The van der Waals surface area contributed by atoms with Crippen LogP contribution in [0, 0.1) is 12.7 Å². The van der Waals surface area contributed by atoms with Crippen molar-refractivity contribution in [1.29, 1.82) is 0 Å². The van der Waals surface area contributed by atoms with Crippen LogP contribution < -0.4 is 4.74 Å². The summed E-state index contributed by atoms with van der Waals surface area (Å²) in [5.41, 5.74) is 4.83. The molecular formula is C31H28ClFN2O2. The number of hydrogen-bond donors (Lipinski definition) is 0. The van der Waals surface area contributed by atoms with Gasteiger partial charge in [-0.2, -0.15) is 0 Å². The molecule has 6 heteroatoms. The average Bonchev–Trinajstić information content (AvgIpc) is 3.30. The number of aryl methyl sites for hydroxylation is 1. The van der Waals surface area contributed by atoms with Gasteiger partial charge in [-0.05, 0) is 78.6 Å². The molecule has 4 aromatic carbocycles. The number of halogens is 2. The van der Waals surface area contributed by atoms with E-state index in [4.69, 9.17) is 16.3 Å². The van der Waals surface area contributed by atoms with Crippen molar-refractivity contribution in [2.24, 2.45) is 0 Å². The van der Waals surface area contributed by atoms with Crippen LogP contribution in [0.5, 0.6) is 5.75 Å². The Hall–Kier alpha value is -3.83. The molecule has 0 bridgehead atoms. The Labute approximate surface area is 220 Å². The fourth-order valence-corrected chi connectivity index (χ4v) is 5.07. The predicted molar refractivity (Wildman–Crippen MR) is 149 cm³/mol. The summed E-state index contributed by atoms with van der Waals surface area (Å²) in [4.78, 5) is 14.4. The molecule has 0 aliphatic heterocycles. The summed E-state index contributed by atoms with van der Waals surface area (Å²) < 4.78 is 22.1. The zero-order valence-electron chi connectivity index (χ0n) is 21.1. The first kappa shape index (κ1) is 24.8. The Morgan fingerprint density at radius 2 is 1.76 bits per heavy atom. The molecule has 0 atom stereocenters. The first-order valence-corrected chi connectivity index (χ1v) is 12.8. The third-order valence-corrected chi connectivity index (χ3v) is 7.23. The molecule has 0 fully saturated rings. The maximum absolute atomic E-state index is 14.0. The number of hydrogen-bond acceptors (Lipinski definition) is 2. The Balaban J connectivity index is 1.65. The highest BCUT2D eigenvalue weighted by Gasteiger charge is 2.20. The van der Waals surface area contributed by atoms with E-state index in [1.807, 2.05) is 44.3 Å². The smallest absolute Gasteiger partial charge is 0.410 e. The zero-order chi connectivity index (χ0) is 26.1. The SMILES string of the molecule is CCN(CC)C(=O)Oc1ccc2c(ccn2Cc2c(C)ccc3ccccc23)c1-c1ccc(F)c(Cl)c1. The van der Waals surface area contributed by atoms with E-state index in [2.05, 4.69) is 41.8 Å². The second-order valence-electron chi connectivity index (χ2n) is 9.07. The number of ether oxygens (including phenoxy) is 1. The number of rotatable bonds is 6. The maximum Gasteiger partial charge on any atom is 0.415 e. The standard InChI is InChI=1S/C31H28ClFN2O2/c1-4-34(5-2)31(36)37-29-15-14-28-24(30(29)22-12-13-27(33)26(32)18-22)16-17-35(28)19-25-20(3)10-11-21-8-6-7-9-23(21)25/h6-18H,4-5,19H2,1-3H3. The van der Waals surface area contributed by atoms with Gasteiger partial charge in [0.2, 0.25) is 0 Å². The fourth-order valence-electron chi connectivity index (χ4n) is 4.89. The number of aromatic nitrogens is 1. The van der Waals surface area contributed by atoms with Crippen LogP contribution in [0.15, 0.2) is 79.0 Å². The van der Waals surface area contributed by atoms with Crippen molar-refractivity contribution >= 4 is 39.4 Å². The molecule has 37 heavy (non-hydrogen) atoms. The van der Waals surface area contributed by atoms with Gasteiger partial charge < -0.3 is 14.2 Å². The van der Waals surface area contributed by atoms with Crippen LogP contribution in [0.2, 0.25) is 5.02 Å². The molecule has 5 rings (SSSR count). The number of nitrogens with zero attached hydrogens (tertiary/aromatic N) is 2. The molecule has 0 saturated carbocycles. The van der Waals surface area contributed by atoms with Crippen LogP contribution in [-0.2, 0) is 6.54 Å². The largest absolute Gasteiger partial charge is 0.415 e. The number of carbonyl (C=O) groups excluding carboxylic acids is 1. The summed E-state index contributed by atoms with van der Waals surface area (Å²) in [6.45, 7) is 7.70. The highest BCUT2D eigenvalue weighted by atomic mass is 35.5. The van der Waals surface area contributed by atoms with E-state index in [0.29, 0.717) is 36.5 Å². The number of fused-ring (bicyclic) bond motifs is 2. The van der Waals surface area contributed by atoms with Crippen LogP contribution >= 0.6 is 11.6 Å². The molecule has 5 aromatic rings. The Morgan fingerprint density at radius 3 is 2.51 bits per heavy atom. The van der Waals surface area contributed by atoms with Crippen LogP contribution in [0.4, 0.5) is 9.18 Å². The number of amides is 1. The highest BCUT2D eigenvalue weighted by molar-refractivity contribution is 6.31. The van der Waals surface area contributed by atoms with Gasteiger partial charge in [0.1, 0.15) is 11.6 Å². The predicted octanol–water partition coefficient (Wildman–Crippen LogP) is 8.45. The lowest BCUT2D eigenvalue weighted by Crippen LogP contribution is -2.33. The number of carbonyl (C=O) groups is 1. The second-order valence-corrected chi connectivity index (χ2v) is 9.47. The molecule has 0 unspecified atom stereocenters. The quantitative estimate of drug-likeness (QED) is 0.228. The minimum atomic E-state index is -0.497. The molecule has 188 valence electrons. The molecule has 0 saturated heterocycles. The molecule has 0 spiro atoms. The van der Waals surface area contributed by atoms with Crippen molar-refractivity contribution in [2.45, 2.75) is 27.3 Å². The van der Waals surface area contributed by atoms with Crippen LogP contribution in [0.3, 0.4) is 0 Å². The van der Waals surface area contributed by atoms with Crippen molar-refractivity contribution in [2.75, 3.05) is 13.1 Å². The van der Waals surface area contributed by atoms with Gasteiger partial charge in [0.25, 0.3) is 0 Å². The molecule has 1 heterocycles. The van der Waals surface area contributed by atoms with E-state index >= 15 is 0 Å². The molecular weight excluding hydrogens is 487 g/mol. The van der Waals surface area contributed by atoms with Gasteiger partial charge >= 0.3 is 6.09 Å². The fraction of sp³-hybridized carbons (Fsp3) is 0.194. The van der Waals surface area contributed by atoms with Crippen molar-refractivity contribution < 1.29 is 13.9 Å². The van der Waals surface area contributed by atoms with Crippen molar-refractivity contribution in [3.63, 3.8) is 0 Å². The molecule has 4 nitrogen and oxygen atoms in total. The molecule has 0 aliphatic rings. The van der Waals surface area contributed by atoms with Gasteiger partial charge in [-0.1, -0.05) is 54.1 Å². The molecule has 0 N–H and O–H groups in total. The Bertz CT molecular complexity index is 1620. The van der Waals surface area contributed by atoms with E-state index in [1.165, 1.54) is 28.0 Å². The zero-order valence-corrected chi connectivity index (χ0v) is 21.8. The van der Waals surface area contributed by atoms with E-state index in [-0.39, 0.29) is 5.02 Å². The molecule has 0 radical (unpaired) electrons. The summed E-state index contributed by atoms with van der Waals surface area (Å²) in [6.07, 6.45) is 1.61. The lowest BCUT2D eigenvalue weighted by atomic mass is 9.99. The highest BCUT2D eigenvalue weighted by Crippen LogP contribution is 2.40. The summed E-state index contributed by atoms with van der Waals surface area (Å²) in [5.74, 6) is -0.0885. The van der Waals surface area contributed by atoms with Gasteiger partial charge in [0, 0.05) is 42.3 Å². The first-order chi connectivity index (χ1) is 17.9. The Morgan fingerprint density at radius 1 is 0.973 bits per heavy atom. The maximum atomic E-state index is 14.0. The van der Waals surface area contributed by atoms with Gasteiger partial charge in [0.15, 0.2) is 0 Å². The van der Waals surface area contributed by atoms with Crippen LogP contribution in [-0.4, -0.2) is 28.6 Å². The van der Waals surface area contributed by atoms with Crippen LogP contribution in [0.25, 0.3) is 32.8 Å². The number of benzene rings is 4. The lowest BCUT2D eigenvalue weighted by molar-refractivity contribution is 0.157. The molecule has 1 aromatic heterocycles. The normalized spacial score (nSPS) is 11.3. The minimum Gasteiger partial charge on any atom is -0.410 e. The van der Waals surface area contributed by atoms with E-state index in [1.54, 1.807) is 17.0 Å². The van der Waals surface area contributed by atoms with Gasteiger partial charge in [-0.25, -0.2) is 9.18 Å². The monoisotopic (exact) mass is 514 g/mol. The summed E-state index contributed by atoms with van der Waals surface area (Å²) >= 11 is 6.16. The van der Waals surface area contributed by atoms with E-state index in [9.17, 15) is 9.18 Å².